The molecule has 0 aromatic rings. The Kier molecular flexibility index (Phi) is 4.85. The van der Waals surface area contributed by atoms with Crippen LogP contribution in [-0.2, 0) is 10.2 Å². The smallest absolute Gasteiger partial charge is 0.282 e. The van der Waals surface area contributed by atoms with Gasteiger partial charge in [0, 0.05) is 26.2 Å². The molecule has 2 aliphatic rings. The number of aliphatic hydroxyl groups is 1. The van der Waals surface area contributed by atoms with Crippen LogP contribution in [0.4, 0.5) is 0 Å². The normalized spacial score (nSPS) is 22.6. The highest BCUT2D eigenvalue weighted by molar-refractivity contribution is 7.86. The van der Waals surface area contributed by atoms with Crippen LogP contribution >= 0.6 is 0 Å². The van der Waals surface area contributed by atoms with Gasteiger partial charge in [0.15, 0.2) is 0 Å². The lowest BCUT2D eigenvalue weighted by Crippen LogP contribution is -2.48. The minimum Gasteiger partial charge on any atom is -0.396 e. The van der Waals surface area contributed by atoms with Gasteiger partial charge in [0.2, 0.25) is 0 Å². The van der Waals surface area contributed by atoms with Crippen LogP contribution in [0.1, 0.15) is 25.7 Å². The van der Waals surface area contributed by atoms with Crippen LogP contribution in [0.2, 0.25) is 0 Å². The molecule has 6 heteroatoms. The maximum Gasteiger partial charge on any atom is 0.282 e. The van der Waals surface area contributed by atoms with Gasteiger partial charge in [-0.15, -0.1) is 6.42 Å². The van der Waals surface area contributed by atoms with Gasteiger partial charge in [-0.05, 0) is 37.5 Å². The fourth-order valence-electron chi connectivity index (χ4n) is 2.42. The van der Waals surface area contributed by atoms with Gasteiger partial charge in [-0.25, -0.2) is 0 Å². The monoisotopic (exact) mass is 286 g/mol. The summed E-state index contributed by atoms with van der Waals surface area (Å²) >= 11 is 0. The van der Waals surface area contributed by atoms with E-state index in [1.165, 1.54) is 8.61 Å². The molecule has 1 aliphatic carbocycles. The van der Waals surface area contributed by atoms with Crippen LogP contribution in [0.15, 0.2) is 0 Å². The first-order chi connectivity index (χ1) is 9.07. The van der Waals surface area contributed by atoms with E-state index >= 15 is 0 Å². The summed E-state index contributed by atoms with van der Waals surface area (Å²) in [5.41, 5.74) is 0. The van der Waals surface area contributed by atoms with E-state index in [-0.39, 0.29) is 19.1 Å². The van der Waals surface area contributed by atoms with Crippen molar-refractivity contribution in [2.75, 3.05) is 32.8 Å². The van der Waals surface area contributed by atoms with Crippen molar-refractivity contribution in [2.24, 2.45) is 11.8 Å². The van der Waals surface area contributed by atoms with E-state index in [1.54, 1.807) is 0 Å². The molecule has 0 aromatic heterocycles. The summed E-state index contributed by atoms with van der Waals surface area (Å²) in [5.74, 6) is 3.16. The molecule has 0 unspecified atom stereocenters. The molecule has 1 heterocycles. The summed E-state index contributed by atoms with van der Waals surface area (Å²) in [5, 5.41) is 9.10. The molecule has 5 nitrogen and oxygen atoms in total. The van der Waals surface area contributed by atoms with E-state index in [0.29, 0.717) is 25.6 Å². The molecule has 2 fully saturated rings. The number of nitrogens with zero attached hydrogens (tertiary/aromatic N) is 2. The van der Waals surface area contributed by atoms with E-state index in [1.807, 2.05) is 0 Å². The van der Waals surface area contributed by atoms with Gasteiger partial charge < -0.3 is 5.11 Å². The third kappa shape index (κ3) is 3.69. The molecule has 0 spiro atoms. The predicted molar refractivity (Wildman–Crippen MR) is 73.4 cm³/mol. The van der Waals surface area contributed by atoms with Crippen molar-refractivity contribution in [1.82, 2.24) is 8.61 Å². The van der Waals surface area contributed by atoms with Crippen molar-refractivity contribution in [1.29, 1.82) is 0 Å². The highest BCUT2D eigenvalue weighted by Gasteiger charge is 2.35. The van der Waals surface area contributed by atoms with Crippen molar-refractivity contribution in [3.05, 3.63) is 0 Å². The lowest BCUT2D eigenvalue weighted by molar-refractivity contribution is 0.166. The summed E-state index contributed by atoms with van der Waals surface area (Å²) in [4.78, 5) is 0. The van der Waals surface area contributed by atoms with Crippen LogP contribution < -0.4 is 0 Å². The van der Waals surface area contributed by atoms with Crippen molar-refractivity contribution in [3.8, 4) is 12.3 Å². The highest BCUT2D eigenvalue weighted by Crippen LogP contribution is 2.31. The van der Waals surface area contributed by atoms with E-state index in [9.17, 15) is 8.42 Å². The molecule has 0 amide bonds. The number of piperidine rings is 1. The molecule has 2 rings (SSSR count). The Balaban J connectivity index is 2.00. The van der Waals surface area contributed by atoms with Crippen LogP contribution in [0.25, 0.3) is 0 Å². The second kappa shape index (κ2) is 6.23. The molecule has 1 saturated carbocycles. The minimum atomic E-state index is -3.43. The number of hydrogen-bond acceptors (Lipinski definition) is 3. The molecular weight excluding hydrogens is 264 g/mol. The van der Waals surface area contributed by atoms with E-state index in [0.717, 1.165) is 25.7 Å². The van der Waals surface area contributed by atoms with Gasteiger partial charge in [0.05, 0.1) is 6.54 Å². The predicted octanol–water partition coefficient (Wildman–Crippen LogP) is 0.281. The summed E-state index contributed by atoms with van der Waals surface area (Å²) in [7, 11) is -3.43. The Bertz CT molecular complexity index is 431. The fraction of sp³-hybridized carbons (Fsp3) is 0.846. The maximum atomic E-state index is 12.5. The van der Waals surface area contributed by atoms with E-state index < -0.39 is 10.2 Å². The average Bonchev–Trinajstić information content (AvgIpc) is 3.22. The third-order valence-corrected chi connectivity index (χ3v) is 5.86. The maximum absolute atomic E-state index is 12.5. The van der Waals surface area contributed by atoms with Gasteiger partial charge in [-0.2, -0.15) is 17.0 Å². The van der Waals surface area contributed by atoms with E-state index in [4.69, 9.17) is 11.5 Å². The highest BCUT2D eigenvalue weighted by atomic mass is 32.2. The molecule has 1 aliphatic heterocycles. The number of hydrogen-bond donors (Lipinski definition) is 1. The topological polar surface area (TPSA) is 60.9 Å². The van der Waals surface area contributed by atoms with Crippen LogP contribution in [0.3, 0.4) is 0 Å². The van der Waals surface area contributed by atoms with Crippen LogP contribution in [0, 0.1) is 24.2 Å². The lowest BCUT2D eigenvalue weighted by atomic mass is 10.00. The molecule has 108 valence electrons. The Morgan fingerprint density at radius 2 is 1.84 bits per heavy atom. The zero-order valence-electron chi connectivity index (χ0n) is 11.2. The summed E-state index contributed by atoms with van der Waals surface area (Å²) in [6, 6.07) is 0. The Hall–Kier alpha value is -0.610. The first-order valence-electron chi connectivity index (χ1n) is 6.87. The van der Waals surface area contributed by atoms with Gasteiger partial charge >= 0.3 is 0 Å². The van der Waals surface area contributed by atoms with E-state index in [2.05, 4.69) is 5.92 Å². The van der Waals surface area contributed by atoms with Gasteiger partial charge in [-0.1, -0.05) is 5.92 Å². The Morgan fingerprint density at radius 3 is 2.32 bits per heavy atom. The largest absolute Gasteiger partial charge is 0.396 e. The van der Waals surface area contributed by atoms with Crippen molar-refractivity contribution in [2.45, 2.75) is 25.7 Å². The van der Waals surface area contributed by atoms with Crippen molar-refractivity contribution in [3.63, 3.8) is 0 Å². The van der Waals surface area contributed by atoms with Gasteiger partial charge in [0.1, 0.15) is 0 Å². The Labute approximate surface area is 115 Å². The molecule has 0 radical (unpaired) electrons. The lowest BCUT2D eigenvalue weighted by Gasteiger charge is -2.33. The molecule has 1 N–H and O–H groups in total. The van der Waals surface area contributed by atoms with Crippen molar-refractivity contribution >= 4 is 10.2 Å². The number of aliphatic hydroxyl groups excluding tert-OH is 1. The van der Waals surface area contributed by atoms with Crippen molar-refractivity contribution < 1.29 is 13.5 Å². The van der Waals surface area contributed by atoms with Crippen LogP contribution in [0.5, 0.6) is 0 Å². The standard InChI is InChI=1S/C13H22N2O3S/c1-2-7-15(10-12-3-4-12)19(17,18)14-8-5-13(11-16)6-9-14/h1,12-13,16H,3-11H2. The Morgan fingerprint density at radius 1 is 1.21 bits per heavy atom. The molecule has 0 aromatic carbocycles. The zero-order valence-corrected chi connectivity index (χ0v) is 12.0. The first kappa shape index (κ1) is 14.8. The zero-order chi connectivity index (χ0) is 13.9. The van der Waals surface area contributed by atoms with Gasteiger partial charge in [-0.3, -0.25) is 0 Å². The summed E-state index contributed by atoms with van der Waals surface area (Å²) in [6.07, 6.45) is 8.94. The average molecular weight is 286 g/mol. The minimum absolute atomic E-state index is 0.143. The van der Waals surface area contributed by atoms with Crippen LogP contribution in [-0.4, -0.2) is 54.9 Å². The number of terminal acetylenes is 1. The molecule has 0 bridgehead atoms. The van der Waals surface area contributed by atoms with Gasteiger partial charge in [0.25, 0.3) is 10.2 Å². The summed E-state index contributed by atoms with van der Waals surface area (Å²) < 4.78 is 28.0. The fourth-order valence-corrected chi connectivity index (χ4v) is 4.05. The number of rotatable bonds is 6. The second-order valence-corrected chi connectivity index (χ2v) is 7.40. The quantitative estimate of drug-likeness (QED) is 0.714. The first-order valence-corrected chi connectivity index (χ1v) is 8.27. The molecule has 19 heavy (non-hydrogen) atoms. The SMILES string of the molecule is C#CCN(CC1CC1)S(=O)(=O)N1CCC(CO)CC1. The molecule has 0 atom stereocenters. The third-order valence-electron chi connectivity index (χ3n) is 3.91. The second-order valence-electron chi connectivity index (χ2n) is 5.47. The molecular formula is C13H22N2O3S. The molecule has 1 saturated heterocycles. The summed E-state index contributed by atoms with van der Waals surface area (Å²) in [6.45, 7) is 1.81.